The van der Waals surface area contributed by atoms with Crippen molar-refractivity contribution in [2.45, 2.75) is 65.0 Å². The molecule has 2 heteroatoms. The monoisotopic (exact) mass is 212 g/mol. The Morgan fingerprint density at radius 2 is 1.80 bits per heavy atom. The summed E-state index contributed by atoms with van der Waals surface area (Å²) < 4.78 is 0. The summed E-state index contributed by atoms with van der Waals surface area (Å²) in [7, 11) is 2.24. The van der Waals surface area contributed by atoms with Crippen molar-refractivity contribution < 1.29 is 0 Å². The third-order valence-electron chi connectivity index (χ3n) is 3.56. The van der Waals surface area contributed by atoms with Gasteiger partial charge in [-0.15, -0.1) is 0 Å². The van der Waals surface area contributed by atoms with E-state index >= 15 is 0 Å². The van der Waals surface area contributed by atoms with Gasteiger partial charge in [0.05, 0.1) is 0 Å². The van der Waals surface area contributed by atoms with Gasteiger partial charge in [-0.05, 0) is 38.3 Å². The highest BCUT2D eigenvalue weighted by Gasteiger charge is 2.25. The zero-order chi connectivity index (χ0) is 11.5. The van der Waals surface area contributed by atoms with E-state index in [1.54, 1.807) is 0 Å². The first kappa shape index (κ1) is 13.0. The molecule has 2 unspecified atom stereocenters. The molecule has 1 aliphatic carbocycles. The highest BCUT2D eigenvalue weighted by atomic mass is 15.1. The van der Waals surface area contributed by atoms with Crippen LogP contribution in [0, 0.1) is 5.41 Å². The molecule has 0 bridgehead atoms. The van der Waals surface area contributed by atoms with Gasteiger partial charge in [0, 0.05) is 12.1 Å². The number of nitrogens with two attached hydrogens (primary N) is 1. The highest BCUT2D eigenvalue weighted by Crippen LogP contribution is 2.24. The first-order valence-electron chi connectivity index (χ1n) is 6.36. The fourth-order valence-corrected chi connectivity index (χ4v) is 2.36. The van der Waals surface area contributed by atoms with Gasteiger partial charge < -0.3 is 10.6 Å². The minimum atomic E-state index is 0.406. The van der Waals surface area contributed by atoms with E-state index in [1.807, 2.05) is 0 Å². The Morgan fingerprint density at radius 1 is 1.20 bits per heavy atom. The number of hydrogen-bond donors (Lipinski definition) is 1. The highest BCUT2D eigenvalue weighted by molar-refractivity contribution is 4.85. The fraction of sp³-hybridized carbons (Fsp3) is 1.00. The van der Waals surface area contributed by atoms with Crippen molar-refractivity contribution in [3.05, 3.63) is 0 Å². The molecule has 0 radical (unpaired) electrons. The average molecular weight is 212 g/mol. The molecule has 1 saturated carbocycles. The molecule has 0 aromatic heterocycles. The molecule has 2 N–H and O–H groups in total. The van der Waals surface area contributed by atoms with E-state index in [4.69, 9.17) is 5.73 Å². The van der Waals surface area contributed by atoms with Crippen molar-refractivity contribution in [2.75, 3.05) is 13.6 Å². The summed E-state index contributed by atoms with van der Waals surface area (Å²) in [5.74, 6) is 0. The molecular formula is C13H28N2. The van der Waals surface area contributed by atoms with E-state index in [-0.39, 0.29) is 0 Å². The molecule has 0 amide bonds. The van der Waals surface area contributed by atoms with E-state index in [1.165, 1.54) is 38.6 Å². The second-order valence-electron chi connectivity index (χ2n) is 6.31. The summed E-state index contributed by atoms with van der Waals surface area (Å²) in [6.07, 6.45) is 6.45. The summed E-state index contributed by atoms with van der Waals surface area (Å²) in [5, 5.41) is 0. The van der Waals surface area contributed by atoms with Crippen molar-refractivity contribution in [2.24, 2.45) is 11.1 Å². The molecule has 1 fully saturated rings. The molecule has 1 rings (SSSR count). The Balaban J connectivity index is 2.35. The van der Waals surface area contributed by atoms with Crippen molar-refractivity contribution in [3.8, 4) is 0 Å². The molecule has 0 saturated heterocycles. The second-order valence-corrected chi connectivity index (χ2v) is 6.31. The van der Waals surface area contributed by atoms with Crippen LogP contribution in [-0.2, 0) is 0 Å². The van der Waals surface area contributed by atoms with Crippen LogP contribution in [0.15, 0.2) is 0 Å². The minimum absolute atomic E-state index is 0.406. The lowest BCUT2D eigenvalue weighted by molar-refractivity contribution is 0.151. The van der Waals surface area contributed by atoms with Crippen molar-refractivity contribution in [1.29, 1.82) is 0 Å². The van der Waals surface area contributed by atoms with Crippen molar-refractivity contribution >= 4 is 0 Å². The number of likely N-dealkylation sites (N-methyl/N-ethyl adjacent to an activating group) is 1. The molecule has 2 atom stereocenters. The second kappa shape index (κ2) is 5.31. The maximum Gasteiger partial charge on any atom is 0.0244 e. The largest absolute Gasteiger partial charge is 0.326 e. The van der Waals surface area contributed by atoms with Gasteiger partial charge in [-0.2, -0.15) is 0 Å². The lowest BCUT2D eigenvalue weighted by Gasteiger charge is -2.37. The Labute approximate surface area is 95.2 Å². The number of rotatable bonds is 3. The molecule has 0 aromatic rings. The van der Waals surface area contributed by atoms with E-state index in [9.17, 15) is 0 Å². The Bertz CT molecular complexity index is 183. The molecule has 15 heavy (non-hydrogen) atoms. The van der Waals surface area contributed by atoms with Crippen LogP contribution in [0.4, 0.5) is 0 Å². The summed E-state index contributed by atoms with van der Waals surface area (Å²) in [5.41, 5.74) is 6.62. The van der Waals surface area contributed by atoms with Crippen LogP contribution in [0.25, 0.3) is 0 Å². The molecule has 90 valence electrons. The van der Waals surface area contributed by atoms with Gasteiger partial charge in [0.2, 0.25) is 0 Å². The van der Waals surface area contributed by atoms with Crippen molar-refractivity contribution in [3.63, 3.8) is 0 Å². The number of hydrogen-bond acceptors (Lipinski definition) is 2. The predicted molar refractivity (Wildman–Crippen MR) is 66.9 cm³/mol. The van der Waals surface area contributed by atoms with Gasteiger partial charge in [-0.3, -0.25) is 0 Å². The topological polar surface area (TPSA) is 29.3 Å². The predicted octanol–water partition coefficient (Wildman–Crippen LogP) is 2.62. The van der Waals surface area contributed by atoms with Gasteiger partial charge in [0.25, 0.3) is 0 Å². The SMILES string of the molecule is CN(CCC(C)(C)C)C1CCCCC1N. The lowest BCUT2D eigenvalue weighted by atomic mass is 9.88. The van der Waals surface area contributed by atoms with Gasteiger partial charge in [0.1, 0.15) is 0 Å². The first-order chi connectivity index (χ1) is 6.90. The molecule has 1 aliphatic rings. The average Bonchev–Trinajstić information content (AvgIpc) is 2.14. The van der Waals surface area contributed by atoms with E-state index in [0.717, 1.165) is 0 Å². The van der Waals surface area contributed by atoms with E-state index < -0.39 is 0 Å². The van der Waals surface area contributed by atoms with E-state index in [0.29, 0.717) is 17.5 Å². The molecule has 0 spiro atoms. The smallest absolute Gasteiger partial charge is 0.0244 e. The van der Waals surface area contributed by atoms with Crippen LogP contribution in [-0.4, -0.2) is 30.6 Å². The number of nitrogens with zero attached hydrogens (tertiary/aromatic N) is 1. The molecular weight excluding hydrogens is 184 g/mol. The van der Waals surface area contributed by atoms with Crippen LogP contribution in [0.1, 0.15) is 52.9 Å². The van der Waals surface area contributed by atoms with Gasteiger partial charge in [0.15, 0.2) is 0 Å². The summed E-state index contributed by atoms with van der Waals surface area (Å²) >= 11 is 0. The van der Waals surface area contributed by atoms with Crippen LogP contribution < -0.4 is 5.73 Å². The fourth-order valence-electron chi connectivity index (χ4n) is 2.36. The van der Waals surface area contributed by atoms with Gasteiger partial charge in [-0.25, -0.2) is 0 Å². The van der Waals surface area contributed by atoms with Crippen LogP contribution >= 0.6 is 0 Å². The summed E-state index contributed by atoms with van der Waals surface area (Å²) in [4.78, 5) is 2.48. The third-order valence-corrected chi connectivity index (χ3v) is 3.56. The zero-order valence-corrected chi connectivity index (χ0v) is 10.9. The quantitative estimate of drug-likeness (QED) is 0.779. The Hall–Kier alpha value is -0.0800. The zero-order valence-electron chi connectivity index (χ0n) is 10.9. The van der Waals surface area contributed by atoms with Crippen LogP contribution in [0.2, 0.25) is 0 Å². The minimum Gasteiger partial charge on any atom is -0.326 e. The van der Waals surface area contributed by atoms with Crippen LogP contribution in [0.5, 0.6) is 0 Å². The standard InChI is InChI=1S/C13H28N2/c1-13(2,3)9-10-15(4)12-8-6-5-7-11(12)14/h11-12H,5-10,14H2,1-4H3. The molecule has 0 aromatic carbocycles. The Kier molecular flexibility index (Phi) is 4.60. The Morgan fingerprint density at radius 3 is 2.33 bits per heavy atom. The van der Waals surface area contributed by atoms with Crippen molar-refractivity contribution in [1.82, 2.24) is 4.90 Å². The van der Waals surface area contributed by atoms with Crippen LogP contribution in [0.3, 0.4) is 0 Å². The summed E-state index contributed by atoms with van der Waals surface area (Å²) in [6, 6.07) is 1.03. The lowest BCUT2D eigenvalue weighted by Crippen LogP contribution is -2.48. The summed E-state index contributed by atoms with van der Waals surface area (Å²) in [6.45, 7) is 8.10. The van der Waals surface area contributed by atoms with E-state index in [2.05, 4.69) is 32.7 Å². The normalized spacial score (nSPS) is 28.4. The third kappa shape index (κ3) is 4.52. The molecule has 0 heterocycles. The maximum atomic E-state index is 6.18. The molecule has 2 nitrogen and oxygen atoms in total. The van der Waals surface area contributed by atoms with Gasteiger partial charge in [-0.1, -0.05) is 33.6 Å². The maximum absolute atomic E-state index is 6.18. The molecule has 0 aliphatic heterocycles. The van der Waals surface area contributed by atoms with Gasteiger partial charge >= 0.3 is 0 Å². The first-order valence-corrected chi connectivity index (χ1v) is 6.36.